The number of esters is 1. The summed E-state index contributed by atoms with van der Waals surface area (Å²) in [5.41, 5.74) is 1.55. The molecule has 6 nitrogen and oxygen atoms in total. The number of halogens is 2. The van der Waals surface area contributed by atoms with Gasteiger partial charge in [-0.1, -0.05) is 23.2 Å². The number of H-pyrrole nitrogens is 1. The molecule has 25 heavy (non-hydrogen) atoms. The molecule has 2 N–H and O–H groups in total. The number of hydrogen-bond donors (Lipinski definition) is 2. The number of Topliss-reactive ketones (excluding diaryl/α,β-unsaturated/α-hetero) is 1. The first-order valence-corrected chi connectivity index (χ1v) is 8.05. The van der Waals surface area contributed by atoms with Crippen LogP contribution in [0.25, 0.3) is 0 Å². The molecule has 1 heterocycles. The second-order valence-corrected chi connectivity index (χ2v) is 6.22. The summed E-state index contributed by atoms with van der Waals surface area (Å²) in [5.74, 6) is -1.29. The van der Waals surface area contributed by atoms with Gasteiger partial charge in [0, 0.05) is 17.6 Å². The third kappa shape index (κ3) is 4.21. The van der Waals surface area contributed by atoms with Crippen LogP contribution < -0.4 is 5.32 Å². The smallest absolute Gasteiger partial charge is 0.339 e. The van der Waals surface area contributed by atoms with Gasteiger partial charge in [0.15, 0.2) is 5.78 Å². The van der Waals surface area contributed by atoms with Crippen LogP contribution >= 0.6 is 23.2 Å². The zero-order valence-corrected chi connectivity index (χ0v) is 15.3. The number of carbonyl (C=O) groups excluding carboxylic acids is 3. The normalized spacial score (nSPS) is 10.4. The van der Waals surface area contributed by atoms with Crippen LogP contribution in [0.3, 0.4) is 0 Å². The summed E-state index contributed by atoms with van der Waals surface area (Å²) in [6.45, 7) is 2.99. The van der Waals surface area contributed by atoms with E-state index in [1.165, 1.54) is 20.1 Å². The van der Waals surface area contributed by atoms with Gasteiger partial charge in [-0.2, -0.15) is 0 Å². The number of ether oxygens (including phenoxy) is 1. The largest absolute Gasteiger partial charge is 0.465 e. The first-order chi connectivity index (χ1) is 11.7. The van der Waals surface area contributed by atoms with Gasteiger partial charge in [-0.25, -0.2) is 4.79 Å². The highest BCUT2D eigenvalue weighted by atomic mass is 35.5. The van der Waals surface area contributed by atoms with Crippen molar-refractivity contribution in [1.29, 1.82) is 0 Å². The average Bonchev–Trinajstić information content (AvgIpc) is 2.86. The zero-order chi connectivity index (χ0) is 18.7. The van der Waals surface area contributed by atoms with Crippen molar-refractivity contribution in [2.45, 2.75) is 20.3 Å². The van der Waals surface area contributed by atoms with Gasteiger partial charge in [-0.3, -0.25) is 9.59 Å². The molecule has 0 radical (unpaired) electrons. The number of methoxy groups -OCH3 is 1. The fourth-order valence-corrected chi connectivity index (χ4v) is 2.81. The Labute approximate surface area is 154 Å². The molecule has 132 valence electrons. The number of aromatic amines is 1. The van der Waals surface area contributed by atoms with Crippen LogP contribution in [0.15, 0.2) is 18.2 Å². The van der Waals surface area contributed by atoms with E-state index in [0.717, 1.165) is 0 Å². The van der Waals surface area contributed by atoms with E-state index in [2.05, 4.69) is 10.3 Å². The second-order valence-electron chi connectivity index (χ2n) is 5.38. The van der Waals surface area contributed by atoms with Crippen LogP contribution in [0.2, 0.25) is 10.0 Å². The third-order valence-electron chi connectivity index (χ3n) is 3.61. The number of aromatic nitrogens is 1. The van der Waals surface area contributed by atoms with Gasteiger partial charge in [-0.15, -0.1) is 0 Å². The number of anilines is 1. The van der Waals surface area contributed by atoms with Crippen molar-refractivity contribution in [1.82, 2.24) is 4.98 Å². The molecule has 0 saturated heterocycles. The summed E-state index contributed by atoms with van der Waals surface area (Å²) in [6.07, 6.45) is -0.165. The van der Waals surface area contributed by atoms with Crippen LogP contribution in [0.5, 0.6) is 0 Å². The first kappa shape index (κ1) is 19.0. The highest BCUT2D eigenvalue weighted by molar-refractivity contribution is 6.35. The van der Waals surface area contributed by atoms with E-state index in [4.69, 9.17) is 27.9 Å². The fraction of sp³-hybridized carbons (Fsp3) is 0.235. The first-order valence-electron chi connectivity index (χ1n) is 7.30. The second kappa shape index (κ2) is 7.72. The van der Waals surface area contributed by atoms with E-state index < -0.39 is 11.9 Å². The van der Waals surface area contributed by atoms with E-state index >= 15 is 0 Å². The van der Waals surface area contributed by atoms with Crippen molar-refractivity contribution in [2.75, 3.05) is 12.4 Å². The molecule has 0 spiro atoms. The molecule has 0 aliphatic heterocycles. The molecule has 0 fully saturated rings. The number of hydrogen-bond acceptors (Lipinski definition) is 4. The molecule has 2 aromatic rings. The van der Waals surface area contributed by atoms with Crippen LogP contribution in [0.1, 0.15) is 39.0 Å². The lowest BCUT2D eigenvalue weighted by atomic mass is 10.1. The molecular weight excluding hydrogens is 367 g/mol. The van der Waals surface area contributed by atoms with Gasteiger partial charge in [0.2, 0.25) is 5.91 Å². The molecule has 0 saturated carbocycles. The zero-order valence-electron chi connectivity index (χ0n) is 13.8. The van der Waals surface area contributed by atoms with Crippen molar-refractivity contribution in [3.8, 4) is 0 Å². The summed E-state index contributed by atoms with van der Waals surface area (Å²) in [4.78, 5) is 38.9. The number of amides is 1. The lowest BCUT2D eigenvalue weighted by molar-refractivity contribution is -0.115. The van der Waals surface area contributed by atoms with E-state index in [0.29, 0.717) is 27.0 Å². The summed E-state index contributed by atoms with van der Waals surface area (Å²) in [6, 6.07) is 4.68. The molecule has 1 aromatic heterocycles. The number of ketones is 1. The molecule has 2 rings (SSSR count). The van der Waals surface area contributed by atoms with E-state index in [9.17, 15) is 14.4 Å². The molecule has 1 amide bonds. The highest BCUT2D eigenvalue weighted by Crippen LogP contribution is 2.26. The molecule has 8 heteroatoms. The summed E-state index contributed by atoms with van der Waals surface area (Å²) in [7, 11) is 1.23. The molecule has 0 atom stereocenters. The molecule has 0 unspecified atom stereocenters. The van der Waals surface area contributed by atoms with Gasteiger partial charge >= 0.3 is 5.97 Å². The molecule has 0 aliphatic carbocycles. The maximum Gasteiger partial charge on any atom is 0.339 e. The minimum absolute atomic E-state index is 0.165. The lowest BCUT2D eigenvalue weighted by Gasteiger charge is -2.08. The Balaban J connectivity index is 2.31. The van der Waals surface area contributed by atoms with E-state index in [1.807, 2.05) is 0 Å². The Morgan fingerprint density at radius 1 is 1.24 bits per heavy atom. The Bertz CT molecular complexity index is 859. The SMILES string of the molecule is COC(=O)c1c(CC(=O)Nc2cc(Cl)ccc2Cl)[nH]c(C(C)=O)c1C. The minimum Gasteiger partial charge on any atom is -0.465 e. The van der Waals surface area contributed by atoms with E-state index in [1.54, 1.807) is 19.1 Å². The lowest BCUT2D eigenvalue weighted by Crippen LogP contribution is -2.17. The van der Waals surface area contributed by atoms with Crippen LogP contribution in [0.4, 0.5) is 5.69 Å². The van der Waals surface area contributed by atoms with Gasteiger partial charge in [0.05, 0.1) is 35.5 Å². The predicted octanol–water partition coefficient (Wildman–Crippen LogP) is 3.80. The van der Waals surface area contributed by atoms with Crippen LogP contribution in [0, 0.1) is 6.92 Å². The van der Waals surface area contributed by atoms with Gasteiger partial charge in [0.1, 0.15) is 0 Å². The fourth-order valence-electron chi connectivity index (χ4n) is 2.47. The Morgan fingerprint density at radius 2 is 1.92 bits per heavy atom. The number of carbonyl (C=O) groups is 3. The standard InChI is InChI=1S/C17H16Cl2N2O4/c1-8-15(17(24)25-3)13(21-16(8)9(2)22)7-14(23)20-12-6-10(18)4-5-11(12)19/h4-6,21H,7H2,1-3H3,(H,20,23). The quantitative estimate of drug-likeness (QED) is 0.607. The maximum absolute atomic E-state index is 12.3. The number of benzene rings is 1. The summed E-state index contributed by atoms with van der Waals surface area (Å²) >= 11 is 11.9. The van der Waals surface area contributed by atoms with Crippen LogP contribution in [-0.4, -0.2) is 29.8 Å². The molecular formula is C17H16Cl2N2O4. The van der Waals surface area contributed by atoms with Crippen LogP contribution in [-0.2, 0) is 16.0 Å². The molecule has 1 aromatic carbocycles. The Hall–Kier alpha value is -2.31. The van der Waals surface area contributed by atoms with Crippen molar-refractivity contribution in [3.05, 3.63) is 50.8 Å². The van der Waals surface area contributed by atoms with Crippen molar-refractivity contribution >= 4 is 46.5 Å². The van der Waals surface area contributed by atoms with Crippen molar-refractivity contribution in [3.63, 3.8) is 0 Å². The van der Waals surface area contributed by atoms with E-state index in [-0.39, 0.29) is 23.5 Å². The maximum atomic E-state index is 12.3. The Kier molecular flexibility index (Phi) is 5.87. The molecule has 0 aliphatic rings. The summed E-state index contributed by atoms with van der Waals surface area (Å²) in [5, 5.41) is 3.38. The Morgan fingerprint density at radius 3 is 2.52 bits per heavy atom. The number of rotatable bonds is 5. The monoisotopic (exact) mass is 382 g/mol. The minimum atomic E-state index is -0.621. The van der Waals surface area contributed by atoms with Gasteiger partial charge < -0.3 is 15.0 Å². The van der Waals surface area contributed by atoms with Crippen molar-refractivity contribution < 1.29 is 19.1 Å². The highest BCUT2D eigenvalue weighted by Gasteiger charge is 2.24. The topological polar surface area (TPSA) is 88.3 Å². The van der Waals surface area contributed by atoms with Crippen molar-refractivity contribution in [2.24, 2.45) is 0 Å². The third-order valence-corrected chi connectivity index (χ3v) is 4.17. The summed E-state index contributed by atoms with van der Waals surface area (Å²) < 4.78 is 4.75. The predicted molar refractivity (Wildman–Crippen MR) is 95.7 cm³/mol. The van der Waals surface area contributed by atoms with Gasteiger partial charge in [-0.05, 0) is 30.7 Å². The number of nitrogens with one attached hydrogen (secondary N) is 2. The van der Waals surface area contributed by atoms with Gasteiger partial charge in [0.25, 0.3) is 0 Å². The average molecular weight is 383 g/mol. The molecule has 0 bridgehead atoms.